The van der Waals surface area contributed by atoms with E-state index in [2.05, 4.69) is 10.3 Å². The van der Waals surface area contributed by atoms with Crippen LogP contribution in [0, 0.1) is 5.82 Å². The number of halogens is 1. The van der Waals surface area contributed by atoms with Crippen LogP contribution >= 0.6 is 0 Å². The van der Waals surface area contributed by atoms with E-state index in [9.17, 15) is 4.39 Å². The standard InChI is InChI=1S/C14H16FN3O/c1-17-14(11-8-18-6-5-13(11)16)10-4-3-9(19-2)7-12(10)15/h3-8,14,17H,1-2H3,(H2,16,18). The van der Waals surface area contributed by atoms with Crippen LogP contribution in [0.2, 0.25) is 0 Å². The minimum atomic E-state index is -0.348. The maximum atomic E-state index is 14.1. The summed E-state index contributed by atoms with van der Waals surface area (Å²) in [5.41, 5.74) is 7.73. The number of rotatable bonds is 4. The molecule has 3 N–H and O–H groups in total. The summed E-state index contributed by atoms with van der Waals surface area (Å²) in [6.07, 6.45) is 3.25. The molecule has 0 saturated heterocycles. The number of aromatic nitrogens is 1. The second-order valence-electron chi connectivity index (χ2n) is 4.11. The Hall–Kier alpha value is -2.14. The van der Waals surface area contributed by atoms with Gasteiger partial charge in [-0.2, -0.15) is 0 Å². The van der Waals surface area contributed by atoms with Gasteiger partial charge in [-0.15, -0.1) is 0 Å². The van der Waals surface area contributed by atoms with Gasteiger partial charge in [0.1, 0.15) is 11.6 Å². The van der Waals surface area contributed by atoms with Crippen LogP contribution in [0.1, 0.15) is 17.2 Å². The van der Waals surface area contributed by atoms with Crippen molar-refractivity contribution >= 4 is 5.69 Å². The lowest BCUT2D eigenvalue weighted by Crippen LogP contribution is -2.20. The van der Waals surface area contributed by atoms with Crippen molar-refractivity contribution in [1.29, 1.82) is 0 Å². The van der Waals surface area contributed by atoms with Gasteiger partial charge in [-0.05, 0) is 19.2 Å². The monoisotopic (exact) mass is 261 g/mol. The molecule has 0 saturated carbocycles. The highest BCUT2D eigenvalue weighted by Crippen LogP contribution is 2.29. The molecule has 0 aliphatic rings. The molecule has 2 rings (SSSR count). The number of methoxy groups -OCH3 is 1. The molecule has 0 spiro atoms. The van der Waals surface area contributed by atoms with Crippen molar-refractivity contribution in [3.8, 4) is 5.75 Å². The van der Waals surface area contributed by atoms with Crippen LogP contribution in [0.3, 0.4) is 0 Å². The minimum Gasteiger partial charge on any atom is -0.497 e. The van der Waals surface area contributed by atoms with Crippen molar-refractivity contribution in [2.24, 2.45) is 0 Å². The zero-order chi connectivity index (χ0) is 13.8. The fraction of sp³-hybridized carbons (Fsp3) is 0.214. The van der Waals surface area contributed by atoms with E-state index in [0.717, 1.165) is 5.56 Å². The van der Waals surface area contributed by atoms with Crippen LogP contribution in [0.5, 0.6) is 5.75 Å². The van der Waals surface area contributed by atoms with Gasteiger partial charge in [-0.25, -0.2) is 4.39 Å². The van der Waals surface area contributed by atoms with Crippen molar-refractivity contribution < 1.29 is 9.13 Å². The van der Waals surface area contributed by atoms with Gasteiger partial charge in [0.25, 0.3) is 0 Å². The summed E-state index contributed by atoms with van der Waals surface area (Å²) in [4.78, 5) is 4.04. The molecule has 2 aromatic rings. The molecule has 0 aliphatic carbocycles. The first-order valence-corrected chi connectivity index (χ1v) is 5.87. The van der Waals surface area contributed by atoms with Gasteiger partial charge in [0, 0.05) is 35.3 Å². The molecular formula is C14H16FN3O. The van der Waals surface area contributed by atoms with Gasteiger partial charge in [0.15, 0.2) is 0 Å². The van der Waals surface area contributed by atoms with E-state index < -0.39 is 0 Å². The normalized spacial score (nSPS) is 12.2. The summed E-state index contributed by atoms with van der Waals surface area (Å²) >= 11 is 0. The van der Waals surface area contributed by atoms with Gasteiger partial charge in [0.2, 0.25) is 0 Å². The Bertz CT molecular complexity index is 574. The third-order valence-corrected chi connectivity index (χ3v) is 3.01. The molecule has 0 bridgehead atoms. The molecular weight excluding hydrogens is 245 g/mol. The summed E-state index contributed by atoms with van der Waals surface area (Å²) in [6, 6.07) is 6.10. The molecule has 100 valence electrons. The van der Waals surface area contributed by atoms with Crippen LogP contribution < -0.4 is 15.8 Å². The highest BCUT2D eigenvalue weighted by molar-refractivity contribution is 5.50. The zero-order valence-corrected chi connectivity index (χ0v) is 10.9. The lowest BCUT2D eigenvalue weighted by atomic mass is 9.98. The second kappa shape index (κ2) is 5.67. The van der Waals surface area contributed by atoms with Crippen LogP contribution in [-0.2, 0) is 0 Å². The van der Waals surface area contributed by atoms with Crippen molar-refractivity contribution in [3.63, 3.8) is 0 Å². The van der Waals surface area contributed by atoms with Crippen LogP contribution in [0.4, 0.5) is 10.1 Å². The first-order chi connectivity index (χ1) is 9.17. The molecule has 1 heterocycles. The Morgan fingerprint density at radius 3 is 2.68 bits per heavy atom. The smallest absolute Gasteiger partial charge is 0.132 e. The fourth-order valence-corrected chi connectivity index (χ4v) is 2.01. The third kappa shape index (κ3) is 2.66. The van der Waals surface area contributed by atoms with E-state index in [4.69, 9.17) is 10.5 Å². The minimum absolute atomic E-state index is 0.345. The van der Waals surface area contributed by atoms with Gasteiger partial charge < -0.3 is 15.8 Å². The summed E-state index contributed by atoms with van der Waals surface area (Å²) < 4.78 is 19.1. The molecule has 1 aromatic carbocycles. The maximum Gasteiger partial charge on any atom is 0.132 e. The van der Waals surface area contributed by atoms with Gasteiger partial charge in [-0.1, -0.05) is 6.07 Å². The molecule has 1 atom stereocenters. The SMILES string of the molecule is CNC(c1cnccc1N)c1ccc(OC)cc1F. The van der Waals surface area contributed by atoms with E-state index >= 15 is 0 Å². The quantitative estimate of drug-likeness (QED) is 0.885. The Labute approximate surface area is 111 Å². The van der Waals surface area contributed by atoms with Crippen molar-refractivity contribution in [2.45, 2.75) is 6.04 Å². The molecule has 0 amide bonds. The first kappa shape index (κ1) is 13.3. The summed E-state index contributed by atoms with van der Waals surface area (Å²) in [5, 5.41) is 3.05. The molecule has 19 heavy (non-hydrogen) atoms. The highest BCUT2D eigenvalue weighted by atomic mass is 19.1. The highest BCUT2D eigenvalue weighted by Gasteiger charge is 2.19. The third-order valence-electron chi connectivity index (χ3n) is 3.01. The number of nitrogens with two attached hydrogens (primary N) is 1. The second-order valence-corrected chi connectivity index (χ2v) is 4.11. The maximum absolute atomic E-state index is 14.1. The van der Waals surface area contributed by atoms with Crippen molar-refractivity contribution in [3.05, 3.63) is 53.6 Å². The van der Waals surface area contributed by atoms with Crippen molar-refractivity contribution in [2.75, 3.05) is 19.9 Å². The van der Waals surface area contributed by atoms with E-state index in [-0.39, 0.29) is 11.9 Å². The molecule has 5 heteroatoms. The largest absolute Gasteiger partial charge is 0.497 e. The molecule has 0 radical (unpaired) electrons. The van der Waals surface area contributed by atoms with Gasteiger partial charge in [-0.3, -0.25) is 4.98 Å². The average Bonchev–Trinajstić information content (AvgIpc) is 2.43. The van der Waals surface area contributed by atoms with Crippen LogP contribution in [0.15, 0.2) is 36.7 Å². The Balaban J connectivity index is 2.46. The number of anilines is 1. The Morgan fingerprint density at radius 1 is 1.32 bits per heavy atom. The number of nitrogen functional groups attached to an aromatic ring is 1. The lowest BCUT2D eigenvalue weighted by molar-refractivity contribution is 0.410. The van der Waals surface area contributed by atoms with E-state index in [1.807, 2.05) is 0 Å². The number of pyridine rings is 1. The molecule has 4 nitrogen and oxygen atoms in total. The molecule has 0 aliphatic heterocycles. The predicted molar refractivity (Wildman–Crippen MR) is 72.5 cm³/mol. The van der Waals surface area contributed by atoms with E-state index in [1.165, 1.54) is 13.2 Å². The first-order valence-electron chi connectivity index (χ1n) is 5.87. The van der Waals surface area contributed by atoms with Gasteiger partial charge in [0.05, 0.1) is 13.2 Å². The zero-order valence-electron chi connectivity index (χ0n) is 10.9. The molecule has 0 fully saturated rings. The Morgan fingerprint density at radius 2 is 2.11 bits per heavy atom. The molecule has 1 aromatic heterocycles. The number of nitrogens with one attached hydrogen (secondary N) is 1. The number of nitrogens with zero attached hydrogens (tertiary/aromatic N) is 1. The summed E-state index contributed by atoms with van der Waals surface area (Å²) in [7, 11) is 3.25. The summed E-state index contributed by atoms with van der Waals surface area (Å²) in [5.74, 6) is 0.136. The summed E-state index contributed by atoms with van der Waals surface area (Å²) in [6.45, 7) is 0. The fourth-order valence-electron chi connectivity index (χ4n) is 2.01. The van der Waals surface area contributed by atoms with E-state index in [0.29, 0.717) is 17.0 Å². The number of hydrogen-bond donors (Lipinski definition) is 2. The Kier molecular flexibility index (Phi) is 3.97. The average molecular weight is 261 g/mol. The van der Waals surface area contributed by atoms with Crippen LogP contribution in [0.25, 0.3) is 0 Å². The number of hydrogen-bond acceptors (Lipinski definition) is 4. The van der Waals surface area contributed by atoms with Crippen molar-refractivity contribution in [1.82, 2.24) is 10.3 Å². The predicted octanol–water partition coefficient (Wildman–Crippen LogP) is 2.12. The lowest BCUT2D eigenvalue weighted by Gasteiger charge is -2.19. The van der Waals surface area contributed by atoms with Gasteiger partial charge >= 0.3 is 0 Å². The van der Waals surface area contributed by atoms with E-state index in [1.54, 1.807) is 37.6 Å². The topological polar surface area (TPSA) is 60.2 Å². The molecule has 1 unspecified atom stereocenters. The van der Waals surface area contributed by atoms with Crippen LogP contribution in [-0.4, -0.2) is 19.1 Å². The number of ether oxygens (including phenoxy) is 1. The number of benzene rings is 1.